The molecule has 1 aliphatic rings. The minimum absolute atomic E-state index is 0.103. The zero-order valence-corrected chi connectivity index (χ0v) is 14.9. The molecule has 0 aliphatic carbocycles. The summed E-state index contributed by atoms with van der Waals surface area (Å²) >= 11 is 0. The van der Waals surface area contributed by atoms with Gasteiger partial charge in [0.05, 0.1) is 13.2 Å². The fourth-order valence-electron chi connectivity index (χ4n) is 3.28. The van der Waals surface area contributed by atoms with Crippen molar-refractivity contribution >= 4 is 11.6 Å². The molecule has 28 heavy (non-hydrogen) atoms. The maximum Gasteiger partial charge on any atom is 0.272 e. The number of morpholine rings is 1. The zero-order valence-electron chi connectivity index (χ0n) is 14.9. The number of carbonyl (C=O) groups is 1. The molecule has 0 radical (unpaired) electrons. The van der Waals surface area contributed by atoms with Gasteiger partial charge >= 0.3 is 0 Å². The summed E-state index contributed by atoms with van der Waals surface area (Å²) in [5, 5.41) is 11.1. The highest BCUT2D eigenvalue weighted by Crippen LogP contribution is 2.23. The summed E-state index contributed by atoms with van der Waals surface area (Å²) in [6, 6.07) is 9.45. The molecule has 0 bridgehead atoms. The first-order chi connectivity index (χ1) is 13.8. The second kappa shape index (κ2) is 6.86. The largest absolute Gasteiger partial charge is 0.366 e. The fraction of sp³-hybridized carbons (Fsp3) is 0.211. The summed E-state index contributed by atoms with van der Waals surface area (Å²) in [6.07, 6.45) is 6.66. The average molecular weight is 375 g/mol. The predicted molar refractivity (Wildman–Crippen MR) is 99.4 cm³/mol. The van der Waals surface area contributed by atoms with Crippen molar-refractivity contribution in [3.05, 3.63) is 66.6 Å². The smallest absolute Gasteiger partial charge is 0.272 e. The van der Waals surface area contributed by atoms with Crippen LogP contribution in [0.5, 0.6) is 0 Å². The second-order valence-corrected chi connectivity index (χ2v) is 6.51. The van der Waals surface area contributed by atoms with Crippen molar-refractivity contribution in [2.75, 3.05) is 19.7 Å². The van der Waals surface area contributed by atoms with Crippen LogP contribution in [0.2, 0.25) is 0 Å². The lowest BCUT2D eigenvalue weighted by atomic mass is 10.1. The van der Waals surface area contributed by atoms with Crippen LogP contribution in [0.25, 0.3) is 16.8 Å². The molecule has 4 aromatic heterocycles. The SMILES string of the molecule is O=C(c1ccn[nH]1)N1CCOC(c2nc3ccc(-c4cccnc4)cn3n2)C1. The first-order valence-electron chi connectivity index (χ1n) is 8.95. The summed E-state index contributed by atoms with van der Waals surface area (Å²) in [5.41, 5.74) is 3.19. The normalized spacial score (nSPS) is 17.1. The van der Waals surface area contributed by atoms with Gasteiger partial charge in [-0.25, -0.2) is 9.50 Å². The third-order valence-electron chi connectivity index (χ3n) is 4.72. The molecule has 0 spiro atoms. The highest BCUT2D eigenvalue weighted by molar-refractivity contribution is 5.92. The van der Waals surface area contributed by atoms with Gasteiger partial charge in [0.15, 0.2) is 11.5 Å². The van der Waals surface area contributed by atoms with Gasteiger partial charge in [0, 0.05) is 42.5 Å². The Bertz CT molecular complexity index is 1110. The fourth-order valence-corrected chi connectivity index (χ4v) is 3.28. The molecule has 1 aliphatic heterocycles. The van der Waals surface area contributed by atoms with Crippen LogP contribution in [0.3, 0.4) is 0 Å². The molecule has 5 rings (SSSR count). The molecule has 1 atom stereocenters. The molecule has 9 heteroatoms. The van der Waals surface area contributed by atoms with Gasteiger partial charge in [-0.05, 0) is 24.3 Å². The van der Waals surface area contributed by atoms with Crippen molar-refractivity contribution in [3.63, 3.8) is 0 Å². The van der Waals surface area contributed by atoms with Crippen molar-refractivity contribution in [2.24, 2.45) is 0 Å². The molecular weight excluding hydrogens is 358 g/mol. The minimum Gasteiger partial charge on any atom is -0.366 e. The third kappa shape index (κ3) is 3.01. The Balaban J connectivity index is 1.40. The molecule has 1 saturated heterocycles. The van der Waals surface area contributed by atoms with Crippen molar-refractivity contribution in [2.45, 2.75) is 6.10 Å². The number of H-pyrrole nitrogens is 1. The number of hydrogen-bond donors (Lipinski definition) is 1. The zero-order chi connectivity index (χ0) is 18.9. The molecule has 4 aromatic rings. The topological polar surface area (TPSA) is 101 Å². The van der Waals surface area contributed by atoms with Gasteiger partial charge in [-0.3, -0.25) is 14.9 Å². The van der Waals surface area contributed by atoms with Gasteiger partial charge in [-0.1, -0.05) is 6.07 Å². The number of nitrogens with one attached hydrogen (secondary N) is 1. The second-order valence-electron chi connectivity index (χ2n) is 6.51. The molecule has 9 nitrogen and oxygen atoms in total. The number of fused-ring (bicyclic) bond motifs is 1. The van der Waals surface area contributed by atoms with E-state index < -0.39 is 0 Å². The molecule has 1 unspecified atom stereocenters. The highest BCUT2D eigenvalue weighted by atomic mass is 16.5. The van der Waals surface area contributed by atoms with E-state index in [1.165, 1.54) is 0 Å². The first-order valence-corrected chi connectivity index (χ1v) is 8.95. The molecule has 5 heterocycles. The van der Waals surface area contributed by atoms with Gasteiger partial charge < -0.3 is 9.64 Å². The van der Waals surface area contributed by atoms with Crippen LogP contribution in [-0.2, 0) is 4.74 Å². The van der Waals surface area contributed by atoms with Gasteiger partial charge in [0.2, 0.25) is 0 Å². The van der Waals surface area contributed by atoms with Gasteiger partial charge in [0.25, 0.3) is 5.91 Å². The quantitative estimate of drug-likeness (QED) is 0.585. The molecule has 0 aromatic carbocycles. The number of carbonyl (C=O) groups excluding carboxylic acids is 1. The summed E-state index contributed by atoms with van der Waals surface area (Å²) < 4.78 is 7.57. The Hall–Kier alpha value is -3.59. The Labute approximate surface area is 160 Å². The van der Waals surface area contributed by atoms with Crippen LogP contribution < -0.4 is 0 Å². The number of aromatic amines is 1. The van der Waals surface area contributed by atoms with Crippen LogP contribution in [0.4, 0.5) is 0 Å². The van der Waals surface area contributed by atoms with Gasteiger partial charge in [-0.15, -0.1) is 5.10 Å². The van der Waals surface area contributed by atoms with Gasteiger partial charge in [-0.2, -0.15) is 5.10 Å². The van der Waals surface area contributed by atoms with E-state index in [1.54, 1.807) is 27.9 Å². The lowest BCUT2D eigenvalue weighted by Gasteiger charge is -2.31. The lowest BCUT2D eigenvalue weighted by Crippen LogP contribution is -2.42. The van der Waals surface area contributed by atoms with Crippen molar-refractivity contribution in [1.29, 1.82) is 0 Å². The molecule has 1 fully saturated rings. The summed E-state index contributed by atoms with van der Waals surface area (Å²) in [6.45, 7) is 1.35. The Morgan fingerprint density at radius 2 is 2.14 bits per heavy atom. The van der Waals surface area contributed by atoms with Crippen molar-refractivity contribution in [1.82, 2.24) is 34.7 Å². The number of nitrogens with zero attached hydrogens (tertiary/aromatic N) is 6. The van der Waals surface area contributed by atoms with E-state index in [-0.39, 0.29) is 12.0 Å². The molecular formula is C19H17N7O2. The van der Waals surface area contributed by atoms with E-state index in [9.17, 15) is 4.79 Å². The number of aromatic nitrogens is 6. The van der Waals surface area contributed by atoms with Crippen molar-refractivity contribution in [3.8, 4) is 11.1 Å². The highest BCUT2D eigenvalue weighted by Gasteiger charge is 2.29. The lowest BCUT2D eigenvalue weighted by molar-refractivity contribution is -0.0268. The standard InChI is InChI=1S/C19H17N7O2/c27-19(15-5-7-21-23-15)25-8-9-28-16(12-25)18-22-17-4-3-14(11-26(17)24-18)13-2-1-6-20-10-13/h1-7,10-11,16H,8-9,12H2,(H,21,23). The van der Waals surface area contributed by atoms with E-state index in [4.69, 9.17) is 4.74 Å². The summed E-state index contributed by atoms with van der Waals surface area (Å²) in [7, 11) is 0. The van der Waals surface area contributed by atoms with Crippen LogP contribution >= 0.6 is 0 Å². The van der Waals surface area contributed by atoms with Crippen LogP contribution in [0.15, 0.2) is 55.1 Å². The first kappa shape index (κ1) is 16.6. The van der Waals surface area contributed by atoms with Crippen LogP contribution in [0.1, 0.15) is 22.4 Å². The van der Waals surface area contributed by atoms with E-state index in [1.807, 2.05) is 36.7 Å². The number of amides is 1. The Morgan fingerprint density at radius 3 is 2.96 bits per heavy atom. The maximum absolute atomic E-state index is 12.6. The number of hydrogen-bond acceptors (Lipinski definition) is 6. The van der Waals surface area contributed by atoms with E-state index >= 15 is 0 Å². The molecule has 140 valence electrons. The van der Waals surface area contributed by atoms with Crippen LogP contribution in [0, 0.1) is 0 Å². The minimum atomic E-state index is -0.373. The van der Waals surface area contributed by atoms with E-state index in [0.29, 0.717) is 31.2 Å². The van der Waals surface area contributed by atoms with E-state index in [0.717, 1.165) is 16.8 Å². The number of pyridine rings is 2. The average Bonchev–Trinajstić information content (AvgIpc) is 3.43. The number of rotatable bonds is 3. The molecule has 1 N–H and O–H groups in total. The van der Waals surface area contributed by atoms with Crippen LogP contribution in [-0.4, -0.2) is 60.3 Å². The number of ether oxygens (including phenoxy) is 1. The Kier molecular flexibility index (Phi) is 4.06. The van der Waals surface area contributed by atoms with Gasteiger partial charge in [0.1, 0.15) is 11.8 Å². The van der Waals surface area contributed by atoms with Crippen molar-refractivity contribution < 1.29 is 9.53 Å². The summed E-state index contributed by atoms with van der Waals surface area (Å²) in [5.74, 6) is 0.457. The molecule has 0 saturated carbocycles. The third-order valence-corrected chi connectivity index (χ3v) is 4.72. The van der Waals surface area contributed by atoms with E-state index in [2.05, 4.69) is 25.3 Å². The maximum atomic E-state index is 12.6. The monoisotopic (exact) mass is 375 g/mol. The predicted octanol–water partition coefficient (Wildman–Crippen LogP) is 1.73. The Morgan fingerprint density at radius 1 is 1.18 bits per heavy atom. The molecule has 1 amide bonds. The summed E-state index contributed by atoms with van der Waals surface area (Å²) in [4.78, 5) is 23.0.